The van der Waals surface area contributed by atoms with E-state index >= 15 is 4.39 Å². The SMILES string of the molecule is Cc1nsc(Nc2ncc3cc(Cl)c(C4CCN(C5COCC5O)CC4F)cc3n2)c1Cl. The van der Waals surface area contributed by atoms with Gasteiger partial charge >= 0.3 is 0 Å². The minimum atomic E-state index is -1.11. The monoisotopic (exact) mass is 497 g/mol. The maximum Gasteiger partial charge on any atom is 0.228 e. The van der Waals surface area contributed by atoms with Crippen molar-refractivity contribution in [1.82, 2.24) is 19.2 Å². The number of ether oxygens (including phenoxy) is 1. The molecule has 0 amide bonds. The van der Waals surface area contributed by atoms with Crippen molar-refractivity contribution in [3.05, 3.63) is 39.6 Å². The molecule has 2 aliphatic rings. The van der Waals surface area contributed by atoms with Crippen molar-refractivity contribution in [3.63, 3.8) is 0 Å². The highest BCUT2D eigenvalue weighted by atomic mass is 35.5. The van der Waals surface area contributed by atoms with Crippen LogP contribution in [0.1, 0.15) is 23.6 Å². The van der Waals surface area contributed by atoms with Crippen LogP contribution in [0.3, 0.4) is 0 Å². The Bertz CT molecular complexity index is 1150. The third-order valence-electron chi connectivity index (χ3n) is 6.18. The first-order chi connectivity index (χ1) is 15.4. The Morgan fingerprint density at radius 2 is 2.16 bits per heavy atom. The molecule has 3 aromatic rings. The van der Waals surface area contributed by atoms with Crippen LogP contribution in [0.25, 0.3) is 10.9 Å². The summed E-state index contributed by atoms with van der Waals surface area (Å²) < 4.78 is 24.8. The first-order valence-electron chi connectivity index (χ1n) is 10.4. The van der Waals surface area contributed by atoms with Crippen LogP contribution in [-0.2, 0) is 4.74 Å². The molecule has 0 spiro atoms. The van der Waals surface area contributed by atoms with Gasteiger partial charge in [-0.05, 0) is 49.1 Å². The fourth-order valence-corrected chi connectivity index (χ4v) is 5.65. The Morgan fingerprint density at radius 1 is 1.31 bits per heavy atom. The van der Waals surface area contributed by atoms with E-state index in [0.717, 1.165) is 16.6 Å². The third-order valence-corrected chi connectivity index (χ3v) is 7.93. The highest BCUT2D eigenvalue weighted by Gasteiger charge is 2.39. The summed E-state index contributed by atoms with van der Waals surface area (Å²) in [6, 6.07) is 3.49. The minimum Gasteiger partial charge on any atom is -0.389 e. The largest absolute Gasteiger partial charge is 0.389 e. The second-order valence-corrected chi connectivity index (χ2v) is 9.80. The topological polar surface area (TPSA) is 83.4 Å². The molecule has 2 fully saturated rings. The number of nitrogens with one attached hydrogen (secondary N) is 1. The van der Waals surface area contributed by atoms with Crippen LogP contribution in [0.4, 0.5) is 15.3 Å². The Kier molecular flexibility index (Phi) is 6.21. The van der Waals surface area contributed by atoms with Gasteiger partial charge in [-0.3, -0.25) is 4.90 Å². The van der Waals surface area contributed by atoms with Crippen LogP contribution >= 0.6 is 34.7 Å². The van der Waals surface area contributed by atoms with Crippen molar-refractivity contribution in [2.24, 2.45) is 0 Å². The number of aromatic nitrogens is 3. The number of hydrogen-bond acceptors (Lipinski definition) is 8. The predicted octanol–water partition coefficient (Wildman–Crippen LogP) is 4.33. The number of piperidine rings is 1. The average Bonchev–Trinajstić information content (AvgIpc) is 3.34. The van der Waals surface area contributed by atoms with E-state index in [-0.39, 0.29) is 18.5 Å². The van der Waals surface area contributed by atoms with Crippen molar-refractivity contribution in [3.8, 4) is 0 Å². The molecule has 4 atom stereocenters. The molecular weight excluding hydrogens is 476 g/mol. The Hall–Kier alpha value is -1.62. The number of benzene rings is 1. The van der Waals surface area contributed by atoms with Crippen LogP contribution in [-0.4, -0.2) is 69.0 Å². The lowest BCUT2D eigenvalue weighted by molar-refractivity contribution is 0.0353. The highest BCUT2D eigenvalue weighted by molar-refractivity contribution is 7.11. The molecule has 0 bridgehead atoms. The molecule has 170 valence electrons. The lowest BCUT2D eigenvalue weighted by Crippen LogP contribution is -2.50. The van der Waals surface area contributed by atoms with E-state index in [1.165, 1.54) is 11.5 Å². The van der Waals surface area contributed by atoms with Gasteiger partial charge in [-0.2, -0.15) is 4.37 Å². The van der Waals surface area contributed by atoms with Crippen LogP contribution in [0.5, 0.6) is 0 Å². The molecule has 11 heteroatoms. The average molecular weight is 498 g/mol. The number of rotatable bonds is 4. The van der Waals surface area contributed by atoms with E-state index in [4.69, 9.17) is 27.9 Å². The summed E-state index contributed by atoms with van der Waals surface area (Å²) >= 11 is 14.0. The Morgan fingerprint density at radius 3 is 2.84 bits per heavy atom. The number of alkyl halides is 1. The number of aliphatic hydroxyl groups excluding tert-OH is 1. The summed E-state index contributed by atoms with van der Waals surface area (Å²) in [5.41, 5.74) is 2.16. The van der Waals surface area contributed by atoms with Gasteiger partial charge in [0.15, 0.2) is 0 Å². The van der Waals surface area contributed by atoms with Gasteiger partial charge in [0.25, 0.3) is 0 Å². The normalized spacial score (nSPS) is 26.7. The van der Waals surface area contributed by atoms with E-state index in [2.05, 4.69) is 19.7 Å². The Balaban J connectivity index is 1.39. The van der Waals surface area contributed by atoms with Crippen LogP contribution in [0.15, 0.2) is 18.3 Å². The van der Waals surface area contributed by atoms with E-state index in [1.807, 2.05) is 17.9 Å². The maximum atomic E-state index is 15.3. The molecule has 2 aliphatic heterocycles. The van der Waals surface area contributed by atoms with Gasteiger partial charge in [0, 0.05) is 29.1 Å². The van der Waals surface area contributed by atoms with Gasteiger partial charge in [0.2, 0.25) is 5.95 Å². The highest BCUT2D eigenvalue weighted by Crippen LogP contribution is 2.38. The molecule has 0 radical (unpaired) electrons. The predicted molar refractivity (Wildman–Crippen MR) is 124 cm³/mol. The summed E-state index contributed by atoms with van der Waals surface area (Å²) in [6.45, 7) is 3.48. The molecule has 0 saturated carbocycles. The molecule has 2 N–H and O–H groups in total. The van der Waals surface area contributed by atoms with Gasteiger partial charge in [-0.1, -0.05) is 23.2 Å². The lowest BCUT2D eigenvalue weighted by atomic mass is 9.86. The fourth-order valence-electron chi connectivity index (χ4n) is 4.41. The second kappa shape index (κ2) is 8.96. The second-order valence-electron chi connectivity index (χ2n) is 8.24. The summed E-state index contributed by atoms with van der Waals surface area (Å²) in [4.78, 5) is 10.9. The zero-order valence-corrected chi connectivity index (χ0v) is 19.6. The third kappa shape index (κ3) is 4.18. The van der Waals surface area contributed by atoms with Crippen molar-refractivity contribution in [2.75, 3.05) is 31.6 Å². The van der Waals surface area contributed by atoms with E-state index in [9.17, 15) is 5.11 Å². The number of nitrogens with zero attached hydrogens (tertiary/aromatic N) is 4. The number of hydrogen-bond donors (Lipinski definition) is 2. The molecule has 7 nitrogen and oxygen atoms in total. The minimum absolute atomic E-state index is 0.148. The molecule has 0 aliphatic carbocycles. The summed E-state index contributed by atoms with van der Waals surface area (Å²) in [5.74, 6) is 0.0470. The van der Waals surface area contributed by atoms with Crippen LogP contribution in [0, 0.1) is 6.92 Å². The fraction of sp³-hybridized carbons (Fsp3) is 0.476. The number of halogens is 3. The number of anilines is 2. The maximum absolute atomic E-state index is 15.3. The molecule has 32 heavy (non-hydrogen) atoms. The van der Waals surface area contributed by atoms with Crippen molar-refractivity contribution in [2.45, 2.75) is 37.6 Å². The number of fused-ring (bicyclic) bond motifs is 1. The zero-order valence-electron chi connectivity index (χ0n) is 17.3. The molecule has 2 aromatic heterocycles. The lowest BCUT2D eigenvalue weighted by Gasteiger charge is -2.39. The van der Waals surface area contributed by atoms with E-state index < -0.39 is 12.3 Å². The number of aryl methyl sites for hydroxylation is 1. The van der Waals surface area contributed by atoms with Crippen LogP contribution in [0.2, 0.25) is 10.0 Å². The quantitative estimate of drug-likeness (QED) is 0.554. The molecule has 1 aromatic carbocycles. The van der Waals surface area contributed by atoms with Crippen molar-refractivity contribution < 1.29 is 14.2 Å². The van der Waals surface area contributed by atoms with E-state index in [0.29, 0.717) is 52.7 Å². The zero-order chi connectivity index (χ0) is 22.4. The number of likely N-dealkylation sites (tertiary alicyclic amines) is 1. The first-order valence-corrected chi connectivity index (χ1v) is 11.9. The van der Waals surface area contributed by atoms with Gasteiger partial charge in [0.05, 0.1) is 41.6 Å². The molecule has 5 rings (SSSR count). The van der Waals surface area contributed by atoms with Gasteiger partial charge in [0.1, 0.15) is 11.2 Å². The van der Waals surface area contributed by atoms with Gasteiger partial charge < -0.3 is 15.2 Å². The molecule has 4 heterocycles. The van der Waals surface area contributed by atoms with Crippen molar-refractivity contribution >= 4 is 56.6 Å². The summed E-state index contributed by atoms with van der Waals surface area (Å²) in [6.07, 6.45) is 0.604. The van der Waals surface area contributed by atoms with Crippen LogP contribution < -0.4 is 5.32 Å². The molecule has 2 saturated heterocycles. The Labute approximate surface area is 198 Å². The smallest absolute Gasteiger partial charge is 0.228 e. The summed E-state index contributed by atoms with van der Waals surface area (Å²) in [5, 5.41) is 15.7. The molecular formula is C21H22Cl2FN5O2S. The number of aliphatic hydroxyl groups is 1. The van der Waals surface area contributed by atoms with Crippen molar-refractivity contribution in [1.29, 1.82) is 0 Å². The molecule has 4 unspecified atom stereocenters. The first kappa shape index (κ1) is 22.2. The van der Waals surface area contributed by atoms with Gasteiger partial charge in [-0.15, -0.1) is 0 Å². The standard InChI is InChI=1S/C21H22Cl2FN5O2S/c1-10-19(23)20(32-28-10)27-21-25-6-11-4-14(22)13(5-16(11)26-21)12-2-3-29(7-15(12)24)17-8-31-9-18(17)30/h4-6,12,15,17-18,30H,2-3,7-9H2,1H3,(H,25,26,27). The van der Waals surface area contributed by atoms with Gasteiger partial charge in [-0.25, -0.2) is 14.4 Å². The summed E-state index contributed by atoms with van der Waals surface area (Å²) in [7, 11) is 0. The van der Waals surface area contributed by atoms with E-state index in [1.54, 1.807) is 12.3 Å².